The normalized spacial score (nSPS) is 10.9. The van der Waals surface area contributed by atoms with Gasteiger partial charge in [-0.1, -0.05) is 0 Å². The number of nitrogens with one attached hydrogen (secondary N) is 1. The lowest BCUT2D eigenvalue weighted by molar-refractivity contribution is -0.160. The van der Waals surface area contributed by atoms with Gasteiger partial charge in [0.25, 0.3) is 0 Å². The van der Waals surface area contributed by atoms with Gasteiger partial charge in [0.2, 0.25) is 0 Å². The van der Waals surface area contributed by atoms with Gasteiger partial charge in [0, 0.05) is 29.2 Å². The van der Waals surface area contributed by atoms with Gasteiger partial charge in [-0.15, -0.1) is 0 Å². The van der Waals surface area contributed by atoms with E-state index in [1.165, 1.54) is 19.2 Å². The number of ether oxygens (including phenoxy) is 2. The van der Waals surface area contributed by atoms with Crippen LogP contribution in [0.2, 0.25) is 0 Å². The quantitative estimate of drug-likeness (QED) is 0.181. The van der Waals surface area contributed by atoms with Crippen LogP contribution in [0.5, 0.6) is 5.75 Å². The third-order valence-electron chi connectivity index (χ3n) is 2.98. The highest BCUT2D eigenvalue weighted by Crippen LogP contribution is 2.28. The van der Waals surface area contributed by atoms with Crippen LogP contribution in [0.3, 0.4) is 0 Å². The fraction of sp³-hybridized carbons (Fsp3) is 0.400. The maximum absolute atomic E-state index is 11.8. The largest absolute Gasteiger partial charge is 0.493 e. The molecule has 0 radical (unpaired) electrons. The van der Waals surface area contributed by atoms with Crippen molar-refractivity contribution in [2.45, 2.75) is 13.3 Å². The molecule has 0 fully saturated rings. The summed E-state index contributed by atoms with van der Waals surface area (Å²) in [5.74, 6) is 1.01. The van der Waals surface area contributed by atoms with E-state index in [0.29, 0.717) is 35.9 Å². The number of esters is 1. The molecule has 0 saturated carbocycles. The summed E-state index contributed by atoms with van der Waals surface area (Å²) >= 11 is 1.22. The van der Waals surface area contributed by atoms with Gasteiger partial charge < -0.3 is 20.2 Å². The van der Waals surface area contributed by atoms with Gasteiger partial charge in [0.15, 0.2) is 0 Å². The number of carbonyl (C=O) groups is 1. The summed E-state index contributed by atoms with van der Waals surface area (Å²) in [6, 6.07) is 5.27. The van der Waals surface area contributed by atoms with E-state index in [1.807, 2.05) is 6.07 Å². The first-order valence-electron chi connectivity index (χ1n) is 7.20. The highest BCUT2D eigenvalue weighted by atomic mass is 32.2. The number of hydrogen-bond acceptors (Lipinski definition) is 7. The van der Waals surface area contributed by atoms with Crippen LogP contribution in [0, 0.1) is 0 Å². The lowest BCUT2D eigenvalue weighted by Gasteiger charge is -2.07. The highest BCUT2D eigenvalue weighted by Gasteiger charge is 2.13. The SMILES string of the molecule is CCOC(=O)c1cc2cc(OCCCSOOC)cc(N)c2[nH]1. The smallest absolute Gasteiger partial charge is 0.354 e. The second-order valence-corrected chi connectivity index (χ2v) is 5.42. The zero-order chi connectivity index (χ0) is 16.7. The Kier molecular flexibility index (Phi) is 6.57. The Morgan fingerprint density at radius 3 is 2.91 bits per heavy atom. The van der Waals surface area contributed by atoms with Gasteiger partial charge >= 0.3 is 5.97 Å². The number of rotatable bonds is 9. The van der Waals surface area contributed by atoms with Crippen molar-refractivity contribution in [3.63, 3.8) is 0 Å². The number of aromatic amines is 1. The topological polar surface area (TPSA) is 95.8 Å². The molecule has 2 rings (SSSR count). The van der Waals surface area contributed by atoms with E-state index in [2.05, 4.69) is 9.87 Å². The van der Waals surface area contributed by atoms with Crippen molar-refractivity contribution in [2.75, 3.05) is 31.8 Å². The predicted molar refractivity (Wildman–Crippen MR) is 89.3 cm³/mol. The summed E-state index contributed by atoms with van der Waals surface area (Å²) in [6.07, 6.45) is 0.799. The van der Waals surface area contributed by atoms with Crippen LogP contribution < -0.4 is 10.5 Å². The zero-order valence-electron chi connectivity index (χ0n) is 13.1. The van der Waals surface area contributed by atoms with Crippen LogP contribution in [0.15, 0.2) is 18.2 Å². The monoisotopic (exact) mass is 340 g/mol. The lowest BCUT2D eigenvalue weighted by atomic mass is 10.2. The minimum absolute atomic E-state index is 0.322. The van der Waals surface area contributed by atoms with Crippen molar-refractivity contribution in [3.05, 3.63) is 23.9 Å². The molecule has 1 heterocycles. The van der Waals surface area contributed by atoms with E-state index in [-0.39, 0.29) is 0 Å². The molecule has 3 N–H and O–H groups in total. The van der Waals surface area contributed by atoms with Crippen LogP contribution in [0.25, 0.3) is 10.9 Å². The van der Waals surface area contributed by atoms with E-state index >= 15 is 0 Å². The molecule has 2 aromatic rings. The van der Waals surface area contributed by atoms with Crippen molar-refractivity contribution in [2.24, 2.45) is 0 Å². The molecule has 0 spiro atoms. The molecule has 23 heavy (non-hydrogen) atoms. The number of carbonyl (C=O) groups excluding carboxylic acids is 1. The Hall–Kier alpha value is -1.90. The first-order chi connectivity index (χ1) is 11.2. The molecular weight excluding hydrogens is 320 g/mol. The average Bonchev–Trinajstić information content (AvgIpc) is 2.96. The fourth-order valence-corrected chi connectivity index (χ4v) is 2.44. The Morgan fingerprint density at radius 2 is 2.17 bits per heavy atom. The minimum atomic E-state index is -0.402. The molecule has 1 aromatic heterocycles. The van der Waals surface area contributed by atoms with E-state index < -0.39 is 5.97 Å². The number of nitrogen functional groups attached to an aromatic ring is 1. The van der Waals surface area contributed by atoms with Crippen LogP contribution in [0.4, 0.5) is 5.69 Å². The maximum Gasteiger partial charge on any atom is 0.354 e. The molecule has 0 atom stereocenters. The minimum Gasteiger partial charge on any atom is -0.493 e. The third kappa shape index (κ3) is 4.78. The second kappa shape index (κ2) is 8.66. The van der Waals surface area contributed by atoms with Gasteiger partial charge in [-0.05, 0) is 25.5 Å². The van der Waals surface area contributed by atoms with Crippen molar-refractivity contribution in [3.8, 4) is 5.75 Å². The Morgan fingerprint density at radius 1 is 1.35 bits per heavy atom. The molecule has 0 aliphatic heterocycles. The molecule has 0 saturated heterocycles. The van der Waals surface area contributed by atoms with E-state index in [0.717, 1.165) is 17.6 Å². The molecule has 0 amide bonds. The summed E-state index contributed by atoms with van der Waals surface area (Å²) in [5, 5.41) is 0.806. The zero-order valence-corrected chi connectivity index (χ0v) is 13.9. The van der Waals surface area contributed by atoms with E-state index in [4.69, 9.17) is 19.5 Å². The summed E-state index contributed by atoms with van der Waals surface area (Å²) in [4.78, 5) is 19.2. The van der Waals surface area contributed by atoms with Crippen molar-refractivity contribution in [1.82, 2.24) is 4.98 Å². The van der Waals surface area contributed by atoms with Gasteiger partial charge in [0.1, 0.15) is 11.4 Å². The summed E-state index contributed by atoms with van der Waals surface area (Å²) in [7, 11) is 1.46. The number of fused-ring (bicyclic) bond motifs is 1. The lowest BCUT2D eigenvalue weighted by Crippen LogP contribution is -2.04. The summed E-state index contributed by atoms with van der Waals surface area (Å²) < 4.78 is 15.3. The molecule has 1 aromatic carbocycles. The Balaban J connectivity index is 2.01. The number of H-pyrrole nitrogens is 1. The van der Waals surface area contributed by atoms with Gasteiger partial charge in [-0.25, -0.2) is 9.68 Å². The highest BCUT2D eigenvalue weighted by molar-refractivity contribution is 7.94. The number of aromatic nitrogens is 1. The summed E-state index contributed by atoms with van der Waals surface area (Å²) in [5.41, 5.74) is 7.60. The van der Waals surface area contributed by atoms with Crippen molar-refractivity contribution < 1.29 is 23.5 Å². The molecule has 0 aliphatic rings. The molecule has 0 unspecified atom stereocenters. The van der Waals surface area contributed by atoms with Gasteiger partial charge in [0.05, 0.1) is 31.5 Å². The molecule has 8 heteroatoms. The van der Waals surface area contributed by atoms with E-state index in [9.17, 15) is 4.79 Å². The van der Waals surface area contributed by atoms with E-state index in [1.54, 1.807) is 19.1 Å². The molecule has 126 valence electrons. The van der Waals surface area contributed by atoms with Crippen LogP contribution in [0.1, 0.15) is 23.8 Å². The standard InChI is InChI=1S/C15H20N2O5S/c1-3-20-15(18)13-8-10-7-11(9-12(16)14(10)17-13)21-5-4-6-23-22-19-2/h7-9,17H,3-6,16H2,1-2H3. The fourth-order valence-electron chi connectivity index (χ4n) is 2.04. The van der Waals surface area contributed by atoms with Gasteiger partial charge in [-0.2, -0.15) is 4.33 Å². The van der Waals surface area contributed by atoms with Gasteiger partial charge in [-0.3, -0.25) is 0 Å². The average molecular weight is 340 g/mol. The van der Waals surface area contributed by atoms with Crippen LogP contribution in [-0.4, -0.2) is 37.0 Å². The predicted octanol–water partition coefficient (Wildman–Crippen LogP) is 2.92. The first-order valence-corrected chi connectivity index (χ1v) is 8.11. The molecule has 7 nitrogen and oxygen atoms in total. The molecular formula is C15H20N2O5S. The number of benzene rings is 1. The van der Waals surface area contributed by atoms with Crippen LogP contribution in [-0.2, 0) is 14.0 Å². The van der Waals surface area contributed by atoms with Crippen molar-refractivity contribution >= 4 is 34.6 Å². The number of nitrogens with two attached hydrogens (primary N) is 1. The first kappa shape index (κ1) is 17.5. The number of hydrogen-bond donors (Lipinski definition) is 2. The van der Waals surface area contributed by atoms with Crippen molar-refractivity contribution in [1.29, 1.82) is 0 Å². The molecule has 0 aliphatic carbocycles. The Bertz CT molecular complexity index is 659. The number of anilines is 1. The maximum atomic E-state index is 11.8. The molecule has 0 bridgehead atoms. The summed E-state index contributed by atoms with van der Waals surface area (Å²) in [6.45, 7) is 2.61. The third-order valence-corrected chi connectivity index (χ3v) is 3.67. The second-order valence-electron chi connectivity index (χ2n) is 4.64. The Labute approximate surface area is 138 Å². The van der Waals surface area contributed by atoms with Crippen LogP contribution >= 0.6 is 12.0 Å².